The molecule has 0 aliphatic carbocycles. The number of sulfonamides is 1. The van der Waals surface area contributed by atoms with Gasteiger partial charge in [-0.2, -0.15) is 4.31 Å². The van der Waals surface area contributed by atoms with Gasteiger partial charge in [0, 0.05) is 32.0 Å². The molecule has 0 unspecified atom stereocenters. The van der Waals surface area contributed by atoms with Gasteiger partial charge in [-0.1, -0.05) is 6.07 Å². The lowest BCUT2D eigenvalue weighted by Gasteiger charge is -2.31. The van der Waals surface area contributed by atoms with Crippen LogP contribution in [0, 0.1) is 5.92 Å². The fourth-order valence-corrected chi connectivity index (χ4v) is 4.84. The maximum absolute atomic E-state index is 12.7. The van der Waals surface area contributed by atoms with Crippen LogP contribution in [-0.2, 0) is 10.0 Å². The second-order valence-corrected chi connectivity index (χ2v) is 8.72. The van der Waals surface area contributed by atoms with Gasteiger partial charge in [0.15, 0.2) is 0 Å². The Labute approximate surface area is 170 Å². The highest BCUT2D eigenvalue weighted by atomic mass is 32.2. The van der Waals surface area contributed by atoms with Crippen molar-refractivity contribution in [1.82, 2.24) is 14.6 Å². The van der Waals surface area contributed by atoms with Crippen molar-refractivity contribution in [3.8, 4) is 11.5 Å². The molecule has 2 aromatic rings. The molecule has 0 spiro atoms. The zero-order valence-electron chi connectivity index (χ0n) is 16.5. The third kappa shape index (κ3) is 4.68. The molecule has 156 valence electrons. The lowest BCUT2D eigenvalue weighted by Crippen LogP contribution is -2.41. The van der Waals surface area contributed by atoms with Gasteiger partial charge in [-0.25, -0.2) is 8.42 Å². The molecule has 2 heterocycles. The average Bonchev–Trinajstić information content (AvgIpc) is 2.77. The lowest BCUT2D eigenvalue weighted by molar-refractivity contribution is 0.0935. The van der Waals surface area contributed by atoms with Crippen molar-refractivity contribution in [3.05, 3.63) is 48.3 Å². The van der Waals surface area contributed by atoms with E-state index in [4.69, 9.17) is 9.47 Å². The smallest absolute Gasteiger partial charge is 0.258 e. The average molecular weight is 420 g/mol. The van der Waals surface area contributed by atoms with Crippen LogP contribution in [0.5, 0.6) is 11.5 Å². The molecule has 1 aromatic carbocycles. The van der Waals surface area contributed by atoms with Crippen LogP contribution in [0.2, 0.25) is 0 Å². The number of rotatable bonds is 7. The van der Waals surface area contributed by atoms with Crippen LogP contribution in [0.15, 0.2) is 47.6 Å². The Hall–Kier alpha value is -2.65. The number of methoxy groups -OCH3 is 2. The predicted octanol–water partition coefficient (Wildman–Crippen LogP) is 1.93. The number of aromatic nitrogens is 1. The fourth-order valence-electron chi connectivity index (χ4n) is 3.40. The minimum Gasteiger partial charge on any atom is -0.496 e. The Morgan fingerprint density at radius 3 is 2.34 bits per heavy atom. The number of ether oxygens (including phenoxy) is 2. The van der Waals surface area contributed by atoms with Gasteiger partial charge < -0.3 is 14.8 Å². The summed E-state index contributed by atoms with van der Waals surface area (Å²) in [6, 6.07) is 8.34. The number of amides is 1. The van der Waals surface area contributed by atoms with Gasteiger partial charge in [-0.05, 0) is 43.0 Å². The lowest BCUT2D eigenvalue weighted by atomic mass is 9.98. The van der Waals surface area contributed by atoms with Crippen LogP contribution >= 0.6 is 0 Å². The minimum absolute atomic E-state index is 0.194. The number of carbonyl (C=O) groups excluding carboxylic acids is 1. The standard InChI is InChI=1S/C20H25N3O5S/c1-27-17-6-3-7-18(28-2)19(17)20(24)22-13-15-8-11-23(12-9-15)29(25,26)16-5-4-10-21-14-16/h3-7,10,14-15H,8-9,11-13H2,1-2H3,(H,22,24). The van der Waals surface area contributed by atoms with Gasteiger partial charge in [-0.15, -0.1) is 0 Å². The zero-order valence-corrected chi connectivity index (χ0v) is 17.3. The number of nitrogens with zero attached hydrogens (tertiary/aromatic N) is 2. The maximum atomic E-state index is 12.7. The SMILES string of the molecule is COc1cccc(OC)c1C(=O)NCC1CCN(S(=O)(=O)c2cccnc2)CC1. The molecule has 9 heteroatoms. The van der Waals surface area contributed by atoms with Gasteiger partial charge in [0.1, 0.15) is 22.0 Å². The molecule has 29 heavy (non-hydrogen) atoms. The highest BCUT2D eigenvalue weighted by Gasteiger charge is 2.30. The first kappa shape index (κ1) is 21.1. The predicted molar refractivity (Wildman–Crippen MR) is 108 cm³/mol. The van der Waals surface area contributed by atoms with Crippen LogP contribution in [0.1, 0.15) is 23.2 Å². The fraction of sp³-hybridized carbons (Fsp3) is 0.400. The van der Waals surface area contributed by atoms with Crippen LogP contribution in [0.4, 0.5) is 0 Å². The van der Waals surface area contributed by atoms with Crippen LogP contribution in [0.25, 0.3) is 0 Å². The third-order valence-corrected chi connectivity index (χ3v) is 6.93. The van der Waals surface area contributed by atoms with Crippen molar-refractivity contribution in [3.63, 3.8) is 0 Å². The van der Waals surface area contributed by atoms with Gasteiger partial charge >= 0.3 is 0 Å². The molecule has 1 aliphatic rings. The Morgan fingerprint density at radius 1 is 1.14 bits per heavy atom. The number of nitrogens with one attached hydrogen (secondary N) is 1. The largest absolute Gasteiger partial charge is 0.496 e. The van der Waals surface area contributed by atoms with E-state index in [-0.39, 0.29) is 16.7 Å². The highest BCUT2D eigenvalue weighted by Crippen LogP contribution is 2.28. The summed E-state index contributed by atoms with van der Waals surface area (Å²) in [4.78, 5) is 16.8. The third-order valence-electron chi connectivity index (χ3n) is 5.05. The Balaban J connectivity index is 1.58. The number of piperidine rings is 1. The quantitative estimate of drug-likeness (QED) is 0.736. The molecule has 1 fully saturated rings. The van der Waals surface area contributed by atoms with Crippen LogP contribution in [0.3, 0.4) is 0 Å². The number of carbonyl (C=O) groups is 1. The molecule has 1 amide bonds. The van der Waals surface area contributed by atoms with E-state index in [2.05, 4.69) is 10.3 Å². The van der Waals surface area contributed by atoms with E-state index in [9.17, 15) is 13.2 Å². The zero-order chi connectivity index (χ0) is 20.9. The van der Waals surface area contributed by atoms with E-state index in [1.807, 2.05) is 0 Å². The Bertz CT molecular complexity index is 920. The number of benzene rings is 1. The van der Waals surface area contributed by atoms with Gasteiger partial charge in [0.25, 0.3) is 5.91 Å². The summed E-state index contributed by atoms with van der Waals surface area (Å²) in [5, 5.41) is 2.93. The second kappa shape index (κ2) is 9.23. The monoisotopic (exact) mass is 419 g/mol. The number of hydrogen-bond acceptors (Lipinski definition) is 6. The summed E-state index contributed by atoms with van der Waals surface area (Å²) in [5.41, 5.74) is 0.356. The molecule has 1 aliphatic heterocycles. The Kier molecular flexibility index (Phi) is 6.71. The van der Waals surface area contributed by atoms with Crippen molar-refractivity contribution in [2.45, 2.75) is 17.7 Å². The van der Waals surface area contributed by atoms with Crippen LogP contribution in [-0.4, -0.2) is 57.5 Å². The van der Waals surface area contributed by atoms with E-state index in [0.29, 0.717) is 49.5 Å². The molecule has 0 radical (unpaired) electrons. The van der Waals surface area contributed by atoms with Crippen molar-refractivity contribution in [1.29, 1.82) is 0 Å². The van der Waals surface area contributed by atoms with Crippen LogP contribution < -0.4 is 14.8 Å². The van der Waals surface area contributed by atoms with E-state index >= 15 is 0 Å². The topological polar surface area (TPSA) is 97.8 Å². The summed E-state index contributed by atoms with van der Waals surface area (Å²) in [6.07, 6.45) is 4.25. The van der Waals surface area contributed by atoms with E-state index in [1.165, 1.54) is 24.7 Å². The van der Waals surface area contributed by atoms with E-state index in [0.717, 1.165) is 0 Å². The van der Waals surface area contributed by atoms with E-state index in [1.54, 1.807) is 36.5 Å². The molecule has 0 saturated carbocycles. The highest BCUT2D eigenvalue weighted by molar-refractivity contribution is 7.89. The first-order chi connectivity index (χ1) is 14.0. The molecule has 0 atom stereocenters. The molecule has 1 aromatic heterocycles. The van der Waals surface area contributed by atoms with Crippen molar-refractivity contribution in [2.75, 3.05) is 33.9 Å². The van der Waals surface area contributed by atoms with Crippen molar-refractivity contribution in [2.24, 2.45) is 5.92 Å². The summed E-state index contributed by atoms with van der Waals surface area (Å²) in [5.74, 6) is 0.808. The van der Waals surface area contributed by atoms with E-state index < -0.39 is 10.0 Å². The summed E-state index contributed by atoms with van der Waals surface area (Å²) >= 11 is 0. The molecular weight excluding hydrogens is 394 g/mol. The molecule has 1 N–H and O–H groups in total. The Morgan fingerprint density at radius 2 is 1.79 bits per heavy atom. The number of hydrogen-bond donors (Lipinski definition) is 1. The number of pyridine rings is 1. The van der Waals surface area contributed by atoms with Gasteiger partial charge in [0.05, 0.1) is 14.2 Å². The summed E-state index contributed by atoms with van der Waals surface area (Å²) < 4.78 is 37.4. The normalized spacial score (nSPS) is 15.7. The molecule has 8 nitrogen and oxygen atoms in total. The molecule has 0 bridgehead atoms. The maximum Gasteiger partial charge on any atom is 0.258 e. The first-order valence-electron chi connectivity index (χ1n) is 9.36. The molecule has 1 saturated heterocycles. The molecular formula is C20H25N3O5S. The first-order valence-corrected chi connectivity index (χ1v) is 10.8. The molecule has 3 rings (SSSR count). The summed E-state index contributed by atoms with van der Waals surface area (Å²) in [7, 11) is -0.519. The minimum atomic E-state index is -3.53. The van der Waals surface area contributed by atoms with Gasteiger partial charge in [-0.3, -0.25) is 9.78 Å². The van der Waals surface area contributed by atoms with Crippen molar-refractivity contribution >= 4 is 15.9 Å². The van der Waals surface area contributed by atoms with Gasteiger partial charge in [0.2, 0.25) is 10.0 Å². The second-order valence-electron chi connectivity index (χ2n) is 6.78. The van der Waals surface area contributed by atoms with Crippen molar-refractivity contribution < 1.29 is 22.7 Å². The summed E-state index contributed by atoms with van der Waals surface area (Å²) in [6.45, 7) is 1.28.